The van der Waals surface area contributed by atoms with Crippen LogP contribution < -0.4 is 10.2 Å². The normalized spacial score (nSPS) is 14.6. The zero-order valence-electron chi connectivity index (χ0n) is 12.7. The SMILES string of the molecule is Cc1nc(Nc2ccccc2[N+](=O)[O-])cc(N2CCOCC2)n1. The van der Waals surface area contributed by atoms with E-state index in [2.05, 4.69) is 20.2 Å². The topological polar surface area (TPSA) is 93.4 Å². The van der Waals surface area contributed by atoms with Gasteiger partial charge in [0.25, 0.3) is 5.69 Å². The van der Waals surface area contributed by atoms with Crippen LogP contribution in [-0.4, -0.2) is 41.2 Å². The summed E-state index contributed by atoms with van der Waals surface area (Å²) in [7, 11) is 0. The van der Waals surface area contributed by atoms with Crippen molar-refractivity contribution in [3.8, 4) is 0 Å². The van der Waals surface area contributed by atoms with Crippen LogP contribution >= 0.6 is 0 Å². The number of aromatic nitrogens is 2. The molecule has 23 heavy (non-hydrogen) atoms. The van der Waals surface area contributed by atoms with Crippen LogP contribution in [0.25, 0.3) is 0 Å². The van der Waals surface area contributed by atoms with E-state index in [-0.39, 0.29) is 5.69 Å². The van der Waals surface area contributed by atoms with Crippen LogP contribution in [0, 0.1) is 17.0 Å². The molecule has 0 aliphatic carbocycles. The van der Waals surface area contributed by atoms with Gasteiger partial charge in [0.15, 0.2) is 0 Å². The summed E-state index contributed by atoms with van der Waals surface area (Å²) in [5.74, 6) is 1.94. The highest BCUT2D eigenvalue weighted by Gasteiger charge is 2.16. The van der Waals surface area contributed by atoms with Crippen molar-refractivity contribution in [2.45, 2.75) is 6.92 Å². The fourth-order valence-electron chi connectivity index (χ4n) is 2.45. The van der Waals surface area contributed by atoms with Crippen LogP contribution in [-0.2, 0) is 4.74 Å². The van der Waals surface area contributed by atoms with Crippen LogP contribution in [0.5, 0.6) is 0 Å². The summed E-state index contributed by atoms with van der Waals surface area (Å²) in [4.78, 5) is 21.6. The number of anilines is 3. The molecular weight excluding hydrogens is 298 g/mol. The van der Waals surface area contributed by atoms with Crippen LogP contribution in [0.3, 0.4) is 0 Å². The van der Waals surface area contributed by atoms with Gasteiger partial charge in [-0.2, -0.15) is 0 Å². The van der Waals surface area contributed by atoms with Crippen LogP contribution in [0.4, 0.5) is 23.0 Å². The van der Waals surface area contributed by atoms with Crippen molar-refractivity contribution in [1.29, 1.82) is 0 Å². The lowest BCUT2D eigenvalue weighted by molar-refractivity contribution is -0.383. The Morgan fingerprint density at radius 3 is 2.74 bits per heavy atom. The largest absolute Gasteiger partial charge is 0.378 e. The number of nitro groups is 1. The number of morpholine rings is 1. The van der Waals surface area contributed by atoms with Gasteiger partial charge in [-0.15, -0.1) is 0 Å². The number of rotatable bonds is 4. The predicted octanol–water partition coefficient (Wildman–Crippen LogP) is 2.27. The molecule has 3 rings (SSSR count). The molecule has 8 heteroatoms. The van der Waals surface area contributed by atoms with E-state index in [4.69, 9.17) is 4.74 Å². The molecule has 120 valence electrons. The monoisotopic (exact) mass is 315 g/mol. The molecule has 1 aliphatic rings. The minimum absolute atomic E-state index is 0.0108. The Hall–Kier alpha value is -2.74. The van der Waals surface area contributed by atoms with Gasteiger partial charge < -0.3 is 15.0 Å². The number of nitro benzene ring substituents is 1. The molecule has 8 nitrogen and oxygen atoms in total. The van der Waals surface area contributed by atoms with E-state index in [0.717, 1.165) is 18.9 Å². The molecule has 0 spiro atoms. The molecule has 0 saturated carbocycles. The van der Waals surface area contributed by atoms with E-state index in [0.29, 0.717) is 30.5 Å². The maximum atomic E-state index is 11.1. The quantitative estimate of drug-likeness (QED) is 0.683. The van der Waals surface area contributed by atoms with Gasteiger partial charge in [0.05, 0.1) is 18.1 Å². The first kappa shape index (κ1) is 15.2. The second-order valence-electron chi connectivity index (χ2n) is 5.16. The molecule has 0 bridgehead atoms. The summed E-state index contributed by atoms with van der Waals surface area (Å²) in [6.45, 7) is 4.66. The number of benzene rings is 1. The first-order chi connectivity index (χ1) is 11.1. The Balaban J connectivity index is 1.88. The van der Waals surface area contributed by atoms with E-state index in [1.165, 1.54) is 6.07 Å². The Labute approximate surface area is 133 Å². The van der Waals surface area contributed by atoms with Gasteiger partial charge in [-0.25, -0.2) is 9.97 Å². The molecule has 0 amide bonds. The lowest BCUT2D eigenvalue weighted by Gasteiger charge is -2.28. The summed E-state index contributed by atoms with van der Waals surface area (Å²) in [5.41, 5.74) is 0.417. The van der Waals surface area contributed by atoms with Gasteiger partial charge in [0.2, 0.25) is 0 Å². The Morgan fingerprint density at radius 1 is 1.26 bits per heavy atom. The van der Waals surface area contributed by atoms with Crippen molar-refractivity contribution < 1.29 is 9.66 Å². The van der Waals surface area contributed by atoms with Crippen molar-refractivity contribution >= 4 is 23.0 Å². The lowest BCUT2D eigenvalue weighted by Crippen LogP contribution is -2.36. The number of aryl methyl sites for hydroxylation is 1. The second kappa shape index (κ2) is 6.57. The maximum Gasteiger partial charge on any atom is 0.292 e. The van der Waals surface area contributed by atoms with Gasteiger partial charge in [-0.3, -0.25) is 10.1 Å². The average Bonchev–Trinajstić information content (AvgIpc) is 2.55. The van der Waals surface area contributed by atoms with Crippen molar-refractivity contribution in [3.63, 3.8) is 0 Å². The Morgan fingerprint density at radius 2 is 2.00 bits per heavy atom. The minimum atomic E-state index is -0.417. The standard InChI is InChI=1S/C15H17N5O3/c1-11-16-14(10-15(17-11)19-6-8-23-9-7-19)18-12-4-2-3-5-13(12)20(21)22/h2-5,10H,6-9H2,1H3,(H,16,17,18). The molecule has 1 aliphatic heterocycles. The van der Waals surface area contributed by atoms with Gasteiger partial charge in [-0.1, -0.05) is 12.1 Å². The number of hydrogen-bond donors (Lipinski definition) is 1. The number of hydrogen-bond acceptors (Lipinski definition) is 7. The minimum Gasteiger partial charge on any atom is -0.378 e. The third-order valence-electron chi connectivity index (χ3n) is 3.52. The highest BCUT2D eigenvalue weighted by atomic mass is 16.6. The molecule has 1 saturated heterocycles. The highest BCUT2D eigenvalue weighted by molar-refractivity contribution is 5.68. The van der Waals surface area contributed by atoms with E-state index in [1.807, 2.05) is 0 Å². The fourth-order valence-corrected chi connectivity index (χ4v) is 2.45. The van der Waals surface area contributed by atoms with Gasteiger partial charge in [-0.05, 0) is 13.0 Å². The van der Waals surface area contributed by atoms with Crippen LogP contribution in [0.2, 0.25) is 0 Å². The predicted molar refractivity (Wildman–Crippen MR) is 86.2 cm³/mol. The van der Waals surface area contributed by atoms with E-state index >= 15 is 0 Å². The molecule has 2 aromatic rings. The molecule has 1 aromatic carbocycles. The Kier molecular flexibility index (Phi) is 4.33. The third kappa shape index (κ3) is 3.54. The smallest absolute Gasteiger partial charge is 0.292 e. The first-order valence-electron chi connectivity index (χ1n) is 7.32. The third-order valence-corrected chi connectivity index (χ3v) is 3.52. The molecule has 0 radical (unpaired) electrons. The summed E-state index contributed by atoms with van der Waals surface area (Å²) in [6.07, 6.45) is 0. The van der Waals surface area contributed by atoms with Crippen molar-refractivity contribution in [2.75, 3.05) is 36.5 Å². The van der Waals surface area contributed by atoms with E-state index in [1.54, 1.807) is 31.2 Å². The van der Waals surface area contributed by atoms with Crippen LogP contribution in [0.1, 0.15) is 5.82 Å². The summed E-state index contributed by atoms with van der Waals surface area (Å²) >= 11 is 0. The molecule has 0 atom stereocenters. The molecule has 1 N–H and O–H groups in total. The first-order valence-corrected chi connectivity index (χ1v) is 7.32. The van der Waals surface area contributed by atoms with Gasteiger partial charge >= 0.3 is 0 Å². The fraction of sp³-hybridized carbons (Fsp3) is 0.333. The zero-order valence-corrected chi connectivity index (χ0v) is 12.7. The highest BCUT2D eigenvalue weighted by Crippen LogP contribution is 2.27. The number of nitrogens with one attached hydrogen (secondary N) is 1. The number of ether oxygens (including phenoxy) is 1. The molecule has 0 unspecified atom stereocenters. The van der Waals surface area contributed by atoms with Crippen molar-refractivity contribution in [3.05, 3.63) is 46.3 Å². The molecule has 1 fully saturated rings. The zero-order chi connectivity index (χ0) is 16.2. The van der Waals surface area contributed by atoms with Crippen molar-refractivity contribution in [1.82, 2.24) is 9.97 Å². The number of para-hydroxylation sites is 2. The van der Waals surface area contributed by atoms with E-state index in [9.17, 15) is 10.1 Å². The second-order valence-corrected chi connectivity index (χ2v) is 5.16. The number of nitrogens with zero attached hydrogens (tertiary/aromatic N) is 4. The Bertz CT molecular complexity index is 716. The summed E-state index contributed by atoms with van der Waals surface area (Å²) in [5, 5.41) is 14.1. The van der Waals surface area contributed by atoms with Crippen LogP contribution in [0.15, 0.2) is 30.3 Å². The van der Waals surface area contributed by atoms with Gasteiger partial charge in [0, 0.05) is 25.2 Å². The van der Waals surface area contributed by atoms with E-state index < -0.39 is 4.92 Å². The average molecular weight is 315 g/mol. The lowest BCUT2D eigenvalue weighted by atomic mass is 10.2. The molecule has 1 aromatic heterocycles. The van der Waals surface area contributed by atoms with Crippen molar-refractivity contribution in [2.24, 2.45) is 0 Å². The molecular formula is C15H17N5O3. The summed E-state index contributed by atoms with van der Waals surface area (Å²) in [6, 6.07) is 8.29. The maximum absolute atomic E-state index is 11.1. The summed E-state index contributed by atoms with van der Waals surface area (Å²) < 4.78 is 5.34. The van der Waals surface area contributed by atoms with Gasteiger partial charge in [0.1, 0.15) is 23.1 Å². The molecule has 2 heterocycles.